The molecule has 0 fully saturated rings. The van der Waals surface area contributed by atoms with E-state index in [0.29, 0.717) is 16.4 Å². The number of urea groups is 1. The first-order valence-corrected chi connectivity index (χ1v) is 7.68. The van der Waals surface area contributed by atoms with Crippen LogP contribution in [0.5, 0.6) is 0 Å². The Morgan fingerprint density at radius 1 is 1.09 bits per heavy atom. The van der Waals surface area contributed by atoms with Gasteiger partial charge in [-0.05, 0) is 48.9 Å². The van der Waals surface area contributed by atoms with Gasteiger partial charge in [0.2, 0.25) is 0 Å². The lowest BCUT2D eigenvalue weighted by atomic mass is 10.2. The van der Waals surface area contributed by atoms with Gasteiger partial charge in [-0.3, -0.25) is 10.1 Å². The van der Waals surface area contributed by atoms with Crippen LogP contribution >= 0.6 is 11.3 Å². The van der Waals surface area contributed by atoms with Crippen molar-refractivity contribution in [1.82, 2.24) is 4.98 Å². The van der Waals surface area contributed by atoms with Crippen LogP contribution in [-0.2, 0) is 0 Å². The topological polar surface area (TPSA) is 97.1 Å². The maximum atomic E-state index is 12.2. The molecule has 0 aliphatic carbocycles. The van der Waals surface area contributed by atoms with Crippen LogP contribution < -0.4 is 16.4 Å². The molecule has 0 bridgehead atoms. The summed E-state index contributed by atoms with van der Waals surface area (Å²) in [6.07, 6.45) is 0. The predicted molar refractivity (Wildman–Crippen MR) is 92.0 cm³/mol. The molecule has 1 heterocycles. The van der Waals surface area contributed by atoms with Gasteiger partial charge in [0.05, 0.1) is 10.2 Å². The summed E-state index contributed by atoms with van der Waals surface area (Å²) in [6.45, 7) is 2.01. The lowest BCUT2D eigenvalue weighted by Gasteiger charge is -2.04. The van der Waals surface area contributed by atoms with E-state index in [0.717, 1.165) is 15.8 Å². The molecule has 0 aliphatic rings. The van der Waals surface area contributed by atoms with E-state index in [2.05, 4.69) is 15.6 Å². The van der Waals surface area contributed by atoms with Crippen LogP contribution in [-0.4, -0.2) is 16.9 Å². The van der Waals surface area contributed by atoms with Crippen molar-refractivity contribution in [2.24, 2.45) is 5.73 Å². The van der Waals surface area contributed by atoms with Crippen molar-refractivity contribution >= 4 is 44.3 Å². The average molecular weight is 326 g/mol. The van der Waals surface area contributed by atoms with Gasteiger partial charge in [0, 0.05) is 11.3 Å². The normalized spacial score (nSPS) is 10.5. The molecule has 116 valence electrons. The minimum atomic E-state index is -0.646. The minimum Gasteiger partial charge on any atom is -0.351 e. The Bertz CT molecular complexity index is 887. The standard InChI is InChI=1S/C16H14N4O2S/c1-9-2-7-12-13(8-9)23-16(19-12)20-14(21)10-3-5-11(6-4-10)18-15(17)22/h2-8H,1H3,(H3,17,18,22)(H,19,20,21). The Kier molecular flexibility index (Phi) is 3.94. The van der Waals surface area contributed by atoms with E-state index < -0.39 is 6.03 Å². The zero-order chi connectivity index (χ0) is 16.4. The van der Waals surface area contributed by atoms with Crippen molar-refractivity contribution in [1.29, 1.82) is 0 Å². The molecule has 0 saturated heterocycles. The molecule has 23 heavy (non-hydrogen) atoms. The van der Waals surface area contributed by atoms with Crippen molar-refractivity contribution in [3.05, 3.63) is 53.6 Å². The minimum absolute atomic E-state index is 0.258. The average Bonchev–Trinajstić information content (AvgIpc) is 2.88. The maximum absolute atomic E-state index is 12.2. The quantitative estimate of drug-likeness (QED) is 0.688. The molecule has 3 rings (SSSR count). The number of carbonyl (C=O) groups is 2. The van der Waals surface area contributed by atoms with E-state index in [-0.39, 0.29) is 5.91 Å². The Hall–Kier alpha value is -2.93. The number of aryl methyl sites for hydroxylation is 1. The molecular weight excluding hydrogens is 312 g/mol. The summed E-state index contributed by atoms with van der Waals surface area (Å²) in [4.78, 5) is 27.4. The van der Waals surface area contributed by atoms with E-state index in [1.807, 2.05) is 25.1 Å². The number of hydrogen-bond acceptors (Lipinski definition) is 4. The number of primary amides is 1. The van der Waals surface area contributed by atoms with E-state index in [9.17, 15) is 9.59 Å². The largest absolute Gasteiger partial charge is 0.351 e. The zero-order valence-electron chi connectivity index (χ0n) is 12.3. The molecule has 0 radical (unpaired) electrons. The lowest BCUT2D eigenvalue weighted by molar-refractivity contribution is 0.102. The number of nitrogens with one attached hydrogen (secondary N) is 2. The predicted octanol–water partition coefficient (Wildman–Crippen LogP) is 3.35. The highest BCUT2D eigenvalue weighted by molar-refractivity contribution is 7.22. The fourth-order valence-electron chi connectivity index (χ4n) is 2.10. The second-order valence-corrected chi connectivity index (χ2v) is 6.04. The van der Waals surface area contributed by atoms with Gasteiger partial charge in [-0.2, -0.15) is 0 Å². The monoisotopic (exact) mass is 326 g/mol. The third kappa shape index (κ3) is 3.46. The number of nitrogens with zero attached hydrogens (tertiary/aromatic N) is 1. The van der Waals surface area contributed by atoms with Gasteiger partial charge in [0.1, 0.15) is 0 Å². The highest BCUT2D eigenvalue weighted by atomic mass is 32.1. The highest BCUT2D eigenvalue weighted by Gasteiger charge is 2.10. The van der Waals surface area contributed by atoms with E-state index in [4.69, 9.17) is 5.73 Å². The third-order valence-corrected chi connectivity index (χ3v) is 4.11. The second kappa shape index (κ2) is 6.05. The smallest absolute Gasteiger partial charge is 0.316 e. The Morgan fingerprint density at radius 2 is 1.83 bits per heavy atom. The van der Waals surface area contributed by atoms with Gasteiger partial charge in [-0.25, -0.2) is 9.78 Å². The van der Waals surface area contributed by atoms with Gasteiger partial charge < -0.3 is 11.1 Å². The summed E-state index contributed by atoms with van der Waals surface area (Å²) < 4.78 is 1.03. The molecule has 1 aromatic heterocycles. The van der Waals surface area contributed by atoms with Crippen LogP contribution in [0.15, 0.2) is 42.5 Å². The SMILES string of the molecule is Cc1ccc2nc(NC(=O)c3ccc(NC(N)=O)cc3)sc2c1. The summed E-state index contributed by atoms with van der Waals surface area (Å²) in [5.74, 6) is -0.258. The first kappa shape index (κ1) is 15.0. The number of aromatic nitrogens is 1. The van der Waals surface area contributed by atoms with Crippen molar-refractivity contribution in [3.8, 4) is 0 Å². The fourth-order valence-corrected chi connectivity index (χ4v) is 3.06. The molecule has 0 aliphatic heterocycles. The molecular formula is C16H14N4O2S. The summed E-state index contributed by atoms with van der Waals surface area (Å²) in [5.41, 5.74) is 8.04. The number of thiazole rings is 1. The Balaban J connectivity index is 1.75. The molecule has 4 N–H and O–H groups in total. The summed E-state index contributed by atoms with van der Waals surface area (Å²) in [5, 5.41) is 5.78. The Morgan fingerprint density at radius 3 is 2.52 bits per heavy atom. The number of benzene rings is 2. The van der Waals surface area contributed by atoms with Gasteiger partial charge >= 0.3 is 6.03 Å². The van der Waals surface area contributed by atoms with Crippen molar-refractivity contribution in [2.45, 2.75) is 6.92 Å². The molecule has 0 atom stereocenters. The van der Waals surface area contributed by atoms with Crippen LogP contribution in [0.4, 0.5) is 15.6 Å². The third-order valence-electron chi connectivity index (χ3n) is 3.18. The molecule has 3 amide bonds. The molecule has 0 unspecified atom stereocenters. The van der Waals surface area contributed by atoms with Crippen LogP contribution in [0.3, 0.4) is 0 Å². The van der Waals surface area contributed by atoms with Gasteiger partial charge in [-0.15, -0.1) is 0 Å². The molecule has 7 heteroatoms. The first-order valence-electron chi connectivity index (χ1n) is 6.86. The van der Waals surface area contributed by atoms with Crippen LogP contribution in [0.2, 0.25) is 0 Å². The molecule has 2 aromatic carbocycles. The number of nitrogens with two attached hydrogens (primary N) is 1. The highest BCUT2D eigenvalue weighted by Crippen LogP contribution is 2.27. The van der Waals surface area contributed by atoms with Crippen LogP contribution in [0, 0.1) is 6.92 Å². The van der Waals surface area contributed by atoms with Gasteiger partial charge in [-0.1, -0.05) is 17.4 Å². The Labute approximate surface area is 136 Å². The van der Waals surface area contributed by atoms with Crippen molar-refractivity contribution < 1.29 is 9.59 Å². The number of hydrogen-bond donors (Lipinski definition) is 3. The second-order valence-electron chi connectivity index (χ2n) is 5.01. The van der Waals surface area contributed by atoms with Crippen LogP contribution in [0.25, 0.3) is 10.2 Å². The van der Waals surface area contributed by atoms with E-state index in [1.165, 1.54) is 11.3 Å². The first-order chi connectivity index (χ1) is 11.0. The lowest BCUT2D eigenvalue weighted by Crippen LogP contribution is -2.19. The number of rotatable bonds is 3. The van der Waals surface area contributed by atoms with Crippen molar-refractivity contribution in [2.75, 3.05) is 10.6 Å². The molecule has 0 saturated carbocycles. The number of fused-ring (bicyclic) bond motifs is 1. The molecule has 6 nitrogen and oxygen atoms in total. The number of anilines is 2. The van der Waals surface area contributed by atoms with Crippen molar-refractivity contribution in [3.63, 3.8) is 0 Å². The van der Waals surface area contributed by atoms with Gasteiger partial charge in [0.15, 0.2) is 5.13 Å². The summed E-state index contributed by atoms with van der Waals surface area (Å²) in [6, 6.07) is 11.7. The maximum Gasteiger partial charge on any atom is 0.316 e. The fraction of sp³-hybridized carbons (Fsp3) is 0.0625. The van der Waals surface area contributed by atoms with E-state index in [1.54, 1.807) is 24.3 Å². The number of carbonyl (C=O) groups excluding carboxylic acids is 2. The van der Waals surface area contributed by atoms with Gasteiger partial charge in [0.25, 0.3) is 5.91 Å². The summed E-state index contributed by atoms with van der Waals surface area (Å²) in [7, 11) is 0. The van der Waals surface area contributed by atoms with E-state index >= 15 is 0 Å². The number of amides is 3. The molecule has 3 aromatic rings. The van der Waals surface area contributed by atoms with Crippen LogP contribution in [0.1, 0.15) is 15.9 Å². The molecule has 0 spiro atoms. The summed E-state index contributed by atoms with van der Waals surface area (Å²) >= 11 is 1.43. The zero-order valence-corrected chi connectivity index (χ0v) is 13.1.